The Morgan fingerprint density at radius 3 is 2.86 bits per heavy atom. The SMILES string of the molecule is CCOC(=O)[C@H]1CN(CC)CCC1=O. The van der Waals surface area contributed by atoms with E-state index in [0.717, 1.165) is 13.1 Å². The summed E-state index contributed by atoms with van der Waals surface area (Å²) in [7, 11) is 0. The highest BCUT2D eigenvalue weighted by Gasteiger charge is 2.33. The smallest absolute Gasteiger partial charge is 0.317 e. The second kappa shape index (κ2) is 5.10. The van der Waals surface area contributed by atoms with Crippen LogP contribution >= 0.6 is 0 Å². The van der Waals surface area contributed by atoms with Crippen LogP contribution < -0.4 is 0 Å². The van der Waals surface area contributed by atoms with Gasteiger partial charge in [0, 0.05) is 19.5 Å². The fraction of sp³-hybridized carbons (Fsp3) is 0.800. The Hall–Kier alpha value is -0.900. The van der Waals surface area contributed by atoms with Gasteiger partial charge in [-0.2, -0.15) is 0 Å². The molecule has 1 rings (SSSR count). The van der Waals surface area contributed by atoms with Crippen LogP contribution in [0.15, 0.2) is 0 Å². The molecule has 80 valence electrons. The molecular formula is C10H17NO3. The molecule has 1 aliphatic rings. The average Bonchev–Trinajstić information content (AvgIpc) is 2.19. The minimum Gasteiger partial charge on any atom is -0.465 e. The summed E-state index contributed by atoms with van der Waals surface area (Å²) in [5, 5.41) is 0. The second-order valence-electron chi connectivity index (χ2n) is 3.41. The van der Waals surface area contributed by atoms with Gasteiger partial charge in [-0.3, -0.25) is 9.59 Å². The third-order valence-electron chi connectivity index (χ3n) is 2.52. The first-order chi connectivity index (χ1) is 6.69. The highest BCUT2D eigenvalue weighted by atomic mass is 16.5. The summed E-state index contributed by atoms with van der Waals surface area (Å²) in [5.41, 5.74) is 0. The molecule has 0 N–H and O–H groups in total. The predicted octanol–water partition coefficient (Wildman–Crippen LogP) is 0.460. The van der Waals surface area contributed by atoms with Crippen molar-refractivity contribution in [2.24, 2.45) is 5.92 Å². The van der Waals surface area contributed by atoms with Gasteiger partial charge >= 0.3 is 5.97 Å². The molecule has 0 aromatic heterocycles. The lowest BCUT2D eigenvalue weighted by Gasteiger charge is -2.29. The highest BCUT2D eigenvalue weighted by Crippen LogP contribution is 2.14. The number of hydrogen-bond acceptors (Lipinski definition) is 4. The average molecular weight is 199 g/mol. The van der Waals surface area contributed by atoms with Crippen LogP contribution in [0.1, 0.15) is 20.3 Å². The number of ether oxygens (including phenoxy) is 1. The van der Waals surface area contributed by atoms with E-state index in [1.54, 1.807) is 6.92 Å². The van der Waals surface area contributed by atoms with Crippen LogP contribution in [0.2, 0.25) is 0 Å². The maximum Gasteiger partial charge on any atom is 0.317 e. The highest BCUT2D eigenvalue weighted by molar-refractivity contribution is 5.99. The van der Waals surface area contributed by atoms with Crippen LogP contribution in [-0.4, -0.2) is 42.9 Å². The standard InChI is InChI=1S/C10H17NO3/c1-3-11-6-5-9(12)8(7-11)10(13)14-4-2/h8H,3-7H2,1-2H3/t8-/m0/s1. The van der Waals surface area contributed by atoms with Crippen LogP contribution in [0.4, 0.5) is 0 Å². The summed E-state index contributed by atoms with van der Waals surface area (Å²) < 4.78 is 4.86. The van der Waals surface area contributed by atoms with E-state index in [4.69, 9.17) is 4.74 Å². The molecule has 4 heteroatoms. The van der Waals surface area contributed by atoms with Crippen LogP contribution in [0.3, 0.4) is 0 Å². The van der Waals surface area contributed by atoms with Gasteiger partial charge in [0.15, 0.2) is 0 Å². The predicted molar refractivity (Wildman–Crippen MR) is 51.9 cm³/mol. The Morgan fingerprint density at radius 2 is 2.29 bits per heavy atom. The maximum atomic E-state index is 11.4. The topological polar surface area (TPSA) is 46.6 Å². The lowest BCUT2D eigenvalue weighted by molar-refractivity contribution is -0.153. The molecule has 0 saturated carbocycles. The van der Waals surface area contributed by atoms with Gasteiger partial charge in [-0.1, -0.05) is 6.92 Å². The number of hydrogen-bond donors (Lipinski definition) is 0. The first kappa shape index (κ1) is 11.2. The Labute approximate surface area is 84.2 Å². The first-order valence-corrected chi connectivity index (χ1v) is 5.10. The molecule has 1 saturated heterocycles. The molecule has 0 unspecified atom stereocenters. The monoisotopic (exact) mass is 199 g/mol. The quantitative estimate of drug-likeness (QED) is 0.489. The Kier molecular flexibility index (Phi) is 4.07. The number of esters is 1. The lowest BCUT2D eigenvalue weighted by Crippen LogP contribution is -2.44. The van der Waals surface area contributed by atoms with Gasteiger partial charge in [-0.15, -0.1) is 0 Å². The third kappa shape index (κ3) is 2.54. The first-order valence-electron chi connectivity index (χ1n) is 5.10. The number of carbonyl (C=O) groups is 2. The van der Waals surface area contributed by atoms with Gasteiger partial charge in [0.2, 0.25) is 0 Å². The van der Waals surface area contributed by atoms with Crippen LogP contribution in [-0.2, 0) is 14.3 Å². The van der Waals surface area contributed by atoms with Gasteiger partial charge in [0.1, 0.15) is 11.7 Å². The molecule has 0 aliphatic carbocycles. The van der Waals surface area contributed by atoms with E-state index < -0.39 is 5.92 Å². The van der Waals surface area contributed by atoms with Crippen molar-refractivity contribution in [1.29, 1.82) is 0 Å². The molecule has 0 aromatic rings. The van der Waals surface area contributed by atoms with Crippen molar-refractivity contribution in [2.75, 3.05) is 26.2 Å². The number of likely N-dealkylation sites (tertiary alicyclic amines) is 1. The molecule has 0 amide bonds. The van der Waals surface area contributed by atoms with Gasteiger partial charge in [0.05, 0.1) is 6.61 Å². The zero-order valence-electron chi connectivity index (χ0n) is 8.78. The van der Waals surface area contributed by atoms with E-state index in [0.29, 0.717) is 19.6 Å². The molecule has 4 nitrogen and oxygen atoms in total. The molecule has 0 radical (unpaired) electrons. The zero-order valence-corrected chi connectivity index (χ0v) is 8.78. The number of rotatable bonds is 3. The molecule has 0 bridgehead atoms. The summed E-state index contributed by atoms with van der Waals surface area (Å²) in [6.07, 6.45) is 0.470. The van der Waals surface area contributed by atoms with E-state index >= 15 is 0 Å². The number of Topliss-reactive ketones (excluding diaryl/α,β-unsaturated/α-hetero) is 1. The van der Waals surface area contributed by atoms with Gasteiger partial charge < -0.3 is 9.64 Å². The van der Waals surface area contributed by atoms with Crippen molar-refractivity contribution < 1.29 is 14.3 Å². The van der Waals surface area contributed by atoms with Crippen LogP contribution in [0, 0.1) is 5.92 Å². The van der Waals surface area contributed by atoms with Crippen LogP contribution in [0.25, 0.3) is 0 Å². The van der Waals surface area contributed by atoms with Crippen molar-refractivity contribution in [1.82, 2.24) is 4.90 Å². The normalized spacial score (nSPS) is 23.6. The number of nitrogens with zero attached hydrogens (tertiary/aromatic N) is 1. The molecular weight excluding hydrogens is 182 g/mol. The zero-order chi connectivity index (χ0) is 10.6. The molecule has 1 atom stereocenters. The van der Waals surface area contributed by atoms with E-state index in [1.165, 1.54) is 0 Å². The van der Waals surface area contributed by atoms with Gasteiger partial charge in [-0.05, 0) is 13.5 Å². The largest absolute Gasteiger partial charge is 0.465 e. The summed E-state index contributed by atoms with van der Waals surface area (Å²) in [5.74, 6) is -0.896. The third-order valence-corrected chi connectivity index (χ3v) is 2.52. The van der Waals surface area contributed by atoms with E-state index in [9.17, 15) is 9.59 Å². The van der Waals surface area contributed by atoms with Crippen molar-refractivity contribution in [3.8, 4) is 0 Å². The number of piperidine rings is 1. The maximum absolute atomic E-state index is 11.4. The number of ketones is 1. The van der Waals surface area contributed by atoms with E-state index in [2.05, 4.69) is 4.90 Å². The fourth-order valence-corrected chi connectivity index (χ4v) is 1.63. The number of carbonyl (C=O) groups excluding carboxylic acids is 2. The second-order valence-corrected chi connectivity index (χ2v) is 3.41. The van der Waals surface area contributed by atoms with Crippen molar-refractivity contribution in [3.05, 3.63) is 0 Å². The minimum atomic E-state index is -0.552. The lowest BCUT2D eigenvalue weighted by atomic mass is 9.97. The van der Waals surface area contributed by atoms with Crippen LogP contribution in [0.5, 0.6) is 0 Å². The van der Waals surface area contributed by atoms with E-state index in [-0.39, 0.29) is 11.8 Å². The molecule has 14 heavy (non-hydrogen) atoms. The van der Waals surface area contributed by atoms with Crippen molar-refractivity contribution in [2.45, 2.75) is 20.3 Å². The van der Waals surface area contributed by atoms with Crippen molar-refractivity contribution in [3.63, 3.8) is 0 Å². The van der Waals surface area contributed by atoms with Crippen molar-refractivity contribution >= 4 is 11.8 Å². The molecule has 1 aliphatic heterocycles. The molecule has 0 aromatic carbocycles. The summed E-state index contributed by atoms with van der Waals surface area (Å²) in [6, 6.07) is 0. The Balaban J connectivity index is 2.56. The molecule has 1 fully saturated rings. The molecule has 0 spiro atoms. The Morgan fingerprint density at radius 1 is 1.57 bits per heavy atom. The van der Waals surface area contributed by atoms with E-state index in [1.807, 2.05) is 6.92 Å². The Bertz CT molecular complexity index is 227. The van der Waals surface area contributed by atoms with Gasteiger partial charge in [0.25, 0.3) is 0 Å². The minimum absolute atomic E-state index is 0.0214. The molecule has 1 heterocycles. The van der Waals surface area contributed by atoms with Gasteiger partial charge in [-0.25, -0.2) is 0 Å². The summed E-state index contributed by atoms with van der Waals surface area (Å²) >= 11 is 0. The fourth-order valence-electron chi connectivity index (χ4n) is 1.63. The summed E-state index contributed by atoms with van der Waals surface area (Å²) in [4.78, 5) is 24.9. The summed E-state index contributed by atoms with van der Waals surface area (Å²) in [6.45, 7) is 6.29.